The van der Waals surface area contributed by atoms with Crippen molar-refractivity contribution in [1.29, 1.82) is 0 Å². The Morgan fingerprint density at radius 1 is 1.20 bits per heavy atom. The lowest BCUT2D eigenvalue weighted by Crippen LogP contribution is -2.27. The monoisotopic (exact) mass is 210 g/mol. The number of amides is 1. The zero-order chi connectivity index (χ0) is 11.1. The Morgan fingerprint density at radius 3 is 2.40 bits per heavy atom. The first-order chi connectivity index (χ1) is 7.18. The van der Waals surface area contributed by atoms with Gasteiger partial charge in [-0.3, -0.25) is 10.5 Å². The standard InChI is InChI=1S/C13H24NO/c1-2-3-5-8-13(11-12(14)15)9-6-4-7-10-13/h14H,2-11H2,1H3. The molecule has 2 heteroatoms. The lowest BCUT2D eigenvalue weighted by Gasteiger charge is -2.36. The van der Waals surface area contributed by atoms with Gasteiger partial charge in [0.1, 0.15) is 0 Å². The van der Waals surface area contributed by atoms with Gasteiger partial charge in [0.25, 0.3) is 0 Å². The van der Waals surface area contributed by atoms with Gasteiger partial charge in [-0.2, -0.15) is 0 Å². The Labute approximate surface area is 93.6 Å². The summed E-state index contributed by atoms with van der Waals surface area (Å²) in [6.45, 7) is 2.21. The predicted molar refractivity (Wildman–Crippen MR) is 62.4 cm³/mol. The molecule has 2 nitrogen and oxygen atoms in total. The number of nitrogens with one attached hydrogen (secondary N) is 1. The molecule has 0 atom stereocenters. The van der Waals surface area contributed by atoms with E-state index in [2.05, 4.69) is 6.92 Å². The van der Waals surface area contributed by atoms with Gasteiger partial charge in [0.15, 0.2) is 0 Å². The number of carbonyl (C=O) groups excluding carboxylic acids is 1. The van der Waals surface area contributed by atoms with E-state index >= 15 is 0 Å². The second-order valence-electron chi connectivity index (χ2n) is 5.12. The molecule has 0 aliphatic heterocycles. The van der Waals surface area contributed by atoms with E-state index in [4.69, 9.17) is 5.73 Å². The van der Waals surface area contributed by atoms with E-state index in [0.29, 0.717) is 6.42 Å². The molecule has 1 fully saturated rings. The highest BCUT2D eigenvalue weighted by Crippen LogP contribution is 2.43. The summed E-state index contributed by atoms with van der Waals surface area (Å²) < 4.78 is 0. The SMILES string of the molecule is CCCCCC1(CC([NH])=O)CCCCC1. The maximum Gasteiger partial charge on any atom is 0.238 e. The van der Waals surface area contributed by atoms with Crippen LogP contribution in [0, 0.1) is 5.41 Å². The maximum atomic E-state index is 11.0. The molecule has 1 radical (unpaired) electrons. The van der Waals surface area contributed by atoms with Gasteiger partial charge in [-0.15, -0.1) is 0 Å². The summed E-state index contributed by atoms with van der Waals surface area (Å²) in [5, 5.41) is 0. The Bertz CT molecular complexity index is 195. The van der Waals surface area contributed by atoms with Crippen molar-refractivity contribution >= 4 is 5.91 Å². The first kappa shape index (κ1) is 12.5. The fraction of sp³-hybridized carbons (Fsp3) is 0.923. The van der Waals surface area contributed by atoms with Crippen molar-refractivity contribution in [2.45, 2.75) is 71.1 Å². The Kier molecular flexibility index (Phi) is 5.13. The molecule has 0 unspecified atom stereocenters. The van der Waals surface area contributed by atoms with E-state index in [9.17, 15) is 4.79 Å². The molecule has 1 aliphatic rings. The Morgan fingerprint density at radius 2 is 1.87 bits per heavy atom. The van der Waals surface area contributed by atoms with Gasteiger partial charge in [-0.25, -0.2) is 0 Å². The fourth-order valence-corrected chi connectivity index (χ4v) is 2.91. The summed E-state index contributed by atoms with van der Waals surface area (Å²) in [5.74, 6) is -0.353. The van der Waals surface area contributed by atoms with E-state index in [0.717, 1.165) is 0 Å². The molecule has 1 amide bonds. The molecule has 1 aliphatic carbocycles. The molecule has 87 valence electrons. The molecule has 0 aromatic rings. The van der Waals surface area contributed by atoms with E-state index in [1.807, 2.05) is 0 Å². The van der Waals surface area contributed by atoms with Crippen LogP contribution in [-0.2, 0) is 4.79 Å². The Hall–Kier alpha value is -0.530. The van der Waals surface area contributed by atoms with Crippen LogP contribution in [0.25, 0.3) is 0 Å². The fourth-order valence-electron chi connectivity index (χ4n) is 2.91. The van der Waals surface area contributed by atoms with E-state index < -0.39 is 0 Å². The summed E-state index contributed by atoms with van der Waals surface area (Å²) in [5.41, 5.74) is 7.40. The molecule has 0 heterocycles. The summed E-state index contributed by atoms with van der Waals surface area (Å²) >= 11 is 0. The summed E-state index contributed by atoms with van der Waals surface area (Å²) in [6.07, 6.45) is 11.6. The average molecular weight is 210 g/mol. The van der Waals surface area contributed by atoms with Crippen molar-refractivity contribution in [1.82, 2.24) is 5.73 Å². The third kappa shape index (κ3) is 4.23. The molecule has 0 saturated heterocycles. The minimum atomic E-state index is -0.353. The lowest BCUT2D eigenvalue weighted by atomic mass is 9.68. The highest BCUT2D eigenvalue weighted by molar-refractivity contribution is 5.73. The highest BCUT2D eigenvalue weighted by Gasteiger charge is 2.32. The third-order valence-electron chi connectivity index (χ3n) is 3.76. The largest absolute Gasteiger partial charge is 0.273 e. The molecule has 15 heavy (non-hydrogen) atoms. The van der Waals surface area contributed by atoms with Crippen LogP contribution in [-0.4, -0.2) is 5.91 Å². The minimum Gasteiger partial charge on any atom is -0.273 e. The number of hydrogen-bond donors (Lipinski definition) is 0. The molecule has 0 spiro atoms. The summed E-state index contributed by atoms with van der Waals surface area (Å²) in [4.78, 5) is 11.0. The van der Waals surface area contributed by atoms with Crippen molar-refractivity contribution in [2.24, 2.45) is 5.41 Å². The quantitative estimate of drug-likeness (QED) is 0.616. The molecular weight excluding hydrogens is 186 g/mol. The van der Waals surface area contributed by atoms with Gasteiger partial charge >= 0.3 is 0 Å². The zero-order valence-electron chi connectivity index (χ0n) is 9.98. The molecular formula is C13H24NO. The number of carbonyl (C=O) groups is 1. The van der Waals surface area contributed by atoms with Gasteiger partial charge in [-0.1, -0.05) is 45.4 Å². The lowest BCUT2D eigenvalue weighted by molar-refractivity contribution is -0.121. The van der Waals surface area contributed by atoms with Crippen LogP contribution in [0.3, 0.4) is 0 Å². The summed E-state index contributed by atoms with van der Waals surface area (Å²) in [7, 11) is 0. The first-order valence-electron chi connectivity index (χ1n) is 6.43. The van der Waals surface area contributed by atoms with Crippen LogP contribution in [0.15, 0.2) is 0 Å². The number of hydrogen-bond acceptors (Lipinski definition) is 1. The first-order valence-corrected chi connectivity index (χ1v) is 6.43. The van der Waals surface area contributed by atoms with E-state index in [-0.39, 0.29) is 11.3 Å². The highest BCUT2D eigenvalue weighted by atomic mass is 16.1. The van der Waals surface area contributed by atoms with Crippen molar-refractivity contribution in [3.63, 3.8) is 0 Å². The van der Waals surface area contributed by atoms with Crippen LogP contribution in [0.1, 0.15) is 71.1 Å². The normalized spacial score (nSPS) is 20.1. The molecule has 0 aromatic heterocycles. The topological polar surface area (TPSA) is 40.9 Å². The molecule has 1 N–H and O–H groups in total. The van der Waals surface area contributed by atoms with Crippen LogP contribution >= 0.6 is 0 Å². The predicted octanol–water partition coefficient (Wildman–Crippen LogP) is 3.72. The second-order valence-corrected chi connectivity index (χ2v) is 5.12. The van der Waals surface area contributed by atoms with Gasteiger partial charge < -0.3 is 0 Å². The van der Waals surface area contributed by atoms with Crippen LogP contribution in [0.2, 0.25) is 0 Å². The number of unbranched alkanes of at least 4 members (excludes halogenated alkanes) is 2. The van der Waals surface area contributed by atoms with Crippen molar-refractivity contribution in [2.75, 3.05) is 0 Å². The molecule has 0 aromatic carbocycles. The van der Waals surface area contributed by atoms with Gasteiger partial charge in [-0.05, 0) is 24.7 Å². The van der Waals surface area contributed by atoms with Crippen molar-refractivity contribution in [3.8, 4) is 0 Å². The zero-order valence-corrected chi connectivity index (χ0v) is 9.98. The smallest absolute Gasteiger partial charge is 0.238 e. The van der Waals surface area contributed by atoms with Crippen LogP contribution in [0.5, 0.6) is 0 Å². The van der Waals surface area contributed by atoms with Gasteiger partial charge in [0.05, 0.1) is 0 Å². The number of rotatable bonds is 6. The molecule has 0 bridgehead atoms. The van der Waals surface area contributed by atoms with Crippen LogP contribution < -0.4 is 5.73 Å². The van der Waals surface area contributed by atoms with E-state index in [1.165, 1.54) is 57.8 Å². The van der Waals surface area contributed by atoms with Gasteiger partial charge in [0, 0.05) is 6.42 Å². The molecule has 1 saturated carbocycles. The maximum absolute atomic E-state index is 11.0. The minimum absolute atomic E-state index is 0.215. The van der Waals surface area contributed by atoms with Gasteiger partial charge in [0.2, 0.25) is 5.91 Å². The Balaban J connectivity index is 2.46. The van der Waals surface area contributed by atoms with Crippen LogP contribution in [0.4, 0.5) is 0 Å². The van der Waals surface area contributed by atoms with Crippen molar-refractivity contribution < 1.29 is 4.79 Å². The average Bonchev–Trinajstić information content (AvgIpc) is 2.18. The van der Waals surface area contributed by atoms with E-state index in [1.54, 1.807) is 0 Å². The second kappa shape index (κ2) is 6.14. The summed E-state index contributed by atoms with van der Waals surface area (Å²) in [6, 6.07) is 0. The molecule has 1 rings (SSSR count). The van der Waals surface area contributed by atoms with Crippen molar-refractivity contribution in [3.05, 3.63) is 0 Å². The third-order valence-corrected chi connectivity index (χ3v) is 3.76.